The van der Waals surface area contributed by atoms with Crippen molar-refractivity contribution in [2.45, 2.75) is 24.3 Å². The van der Waals surface area contributed by atoms with Crippen LogP contribution >= 0.6 is 11.8 Å². The van der Waals surface area contributed by atoms with Gasteiger partial charge in [-0.05, 0) is 23.3 Å². The zero-order valence-electron chi connectivity index (χ0n) is 16.1. The van der Waals surface area contributed by atoms with Gasteiger partial charge in [-0.3, -0.25) is 4.79 Å². The van der Waals surface area contributed by atoms with E-state index < -0.39 is 9.84 Å². The Balaban J connectivity index is 1.40. The van der Waals surface area contributed by atoms with E-state index in [-0.39, 0.29) is 41.9 Å². The normalized spacial score (nSPS) is 24.9. The van der Waals surface area contributed by atoms with Gasteiger partial charge in [0.15, 0.2) is 26.5 Å². The molecule has 0 aromatic heterocycles. The molecule has 156 valence electrons. The number of aliphatic imine (C=N–C) groups is 1. The number of fused-ring (bicyclic) bond motifs is 2. The van der Waals surface area contributed by atoms with Crippen LogP contribution in [-0.4, -0.2) is 54.0 Å². The fourth-order valence-corrected chi connectivity index (χ4v) is 7.94. The SMILES string of the molecule is O=C(Cc1ccccc1)N=C1S[C@H]2CS(=O)(=O)C[C@@H]2N1Cc1ccc2c(c1)OCO2. The van der Waals surface area contributed by atoms with Gasteiger partial charge in [0.05, 0.1) is 24.0 Å². The summed E-state index contributed by atoms with van der Waals surface area (Å²) in [5, 5.41) is 0.491. The first-order valence-corrected chi connectivity index (χ1v) is 12.3. The highest BCUT2D eigenvalue weighted by atomic mass is 32.2. The number of hydrogen-bond acceptors (Lipinski definition) is 6. The van der Waals surface area contributed by atoms with Crippen molar-refractivity contribution in [3.8, 4) is 11.5 Å². The van der Waals surface area contributed by atoms with Crippen LogP contribution in [0.15, 0.2) is 53.5 Å². The van der Waals surface area contributed by atoms with Crippen molar-refractivity contribution in [1.82, 2.24) is 4.90 Å². The number of ether oxygens (including phenoxy) is 2. The lowest BCUT2D eigenvalue weighted by molar-refractivity contribution is -0.117. The van der Waals surface area contributed by atoms with E-state index in [2.05, 4.69) is 4.99 Å². The molecule has 0 aliphatic carbocycles. The molecule has 30 heavy (non-hydrogen) atoms. The quantitative estimate of drug-likeness (QED) is 0.715. The minimum atomic E-state index is -3.09. The van der Waals surface area contributed by atoms with E-state index in [1.165, 1.54) is 11.8 Å². The standard InChI is InChI=1S/C21H20N2O5S2/c24-20(9-14-4-2-1-3-5-14)22-21-23(16-11-30(25,26)12-19(16)29-21)10-15-6-7-17-18(8-15)28-13-27-17/h1-8,16,19H,9-13H2/t16-,19-/m0/s1. The Morgan fingerprint density at radius 3 is 2.70 bits per heavy atom. The molecule has 2 aromatic rings. The summed E-state index contributed by atoms with van der Waals surface area (Å²) in [6.07, 6.45) is 0.219. The van der Waals surface area contributed by atoms with E-state index >= 15 is 0 Å². The van der Waals surface area contributed by atoms with Crippen LogP contribution in [0.1, 0.15) is 11.1 Å². The van der Waals surface area contributed by atoms with Crippen LogP contribution in [-0.2, 0) is 27.6 Å². The Morgan fingerprint density at radius 1 is 1.07 bits per heavy atom. The number of carbonyl (C=O) groups is 1. The minimum Gasteiger partial charge on any atom is -0.454 e. The summed E-state index contributed by atoms with van der Waals surface area (Å²) in [5.41, 5.74) is 1.85. The largest absolute Gasteiger partial charge is 0.454 e. The van der Waals surface area contributed by atoms with Crippen molar-refractivity contribution in [3.63, 3.8) is 0 Å². The molecule has 0 bridgehead atoms. The van der Waals surface area contributed by atoms with Crippen molar-refractivity contribution in [2.75, 3.05) is 18.3 Å². The molecule has 9 heteroatoms. The molecule has 3 aliphatic rings. The maximum absolute atomic E-state index is 12.6. The van der Waals surface area contributed by atoms with Crippen molar-refractivity contribution in [3.05, 3.63) is 59.7 Å². The monoisotopic (exact) mass is 444 g/mol. The first-order chi connectivity index (χ1) is 14.5. The second kappa shape index (κ2) is 7.63. The Hall–Kier alpha value is -2.52. The van der Waals surface area contributed by atoms with Gasteiger partial charge in [0, 0.05) is 11.8 Å². The summed E-state index contributed by atoms with van der Waals surface area (Å²) >= 11 is 1.40. The lowest BCUT2D eigenvalue weighted by Crippen LogP contribution is -2.37. The average molecular weight is 445 g/mol. The molecule has 0 N–H and O–H groups in total. The Labute approximate surface area is 179 Å². The average Bonchev–Trinajstić information content (AvgIpc) is 3.36. The Bertz CT molecular complexity index is 1120. The van der Waals surface area contributed by atoms with E-state index in [4.69, 9.17) is 9.47 Å². The number of benzene rings is 2. The van der Waals surface area contributed by atoms with Crippen LogP contribution in [0, 0.1) is 0 Å². The first kappa shape index (κ1) is 19.4. The topological polar surface area (TPSA) is 85.3 Å². The van der Waals surface area contributed by atoms with Gasteiger partial charge in [-0.1, -0.05) is 48.2 Å². The summed E-state index contributed by atoms with van der Waals surface area (Å²) in [7, 11) is -3.09. The molecule has 0 radical (unpaired) electrons. The lowest BCUT2D eigenvalue weighted by atomic mass is 10.1. The molecule has 2 atom stereocenters. The molecule has 0 unspecified atom stereocenters. The second-order valence-electron chi connectivity index (χ2n) is 7.57. The molecule has 7 nitrogen and oxygen atoms in total. The van der Waals surface area contributed by atoms with Gasteiger partial charge in [0.2, 0.25) is 6.79 Å². The van der Waals surface area contributed by atoms with Gasteiger partial charge < -0.3 is 14.4 Å². The smallest absolute Gasteiger partial charge is 0.252 e. The van der Waals surface area contributed by atoms with Crippen molar-refractivity contribution < 1.29 is 22.7 Å². The highest BCUT2D eigenvalue weighted by Crippen LogP contribution is 2.40. The van der Waals surface area contributed by atoms with Gasteiger partial charge in [-0.2, -0.15) is 4.99 Å². The predicted octanol–water partition coefficient (Wildman–Crippen LogP) is 2.25. The highest BCUT2D eigenvalue weighted by Gasteiger charge is 2.48. The summed E-state index contributed by atoms with van der Waals surface area (Å²) < 4.78 is 35.2. The highest BCUT2D eigenvalue weighted by molar-refractivity contribution is 8.15. The maximum Gasteiger partial charge on any atom is 0.252 e. The number of carbonyl (C=O) groups excluding carboxylic acids is 1. The predicted molar refractivity (Wildman–Crippen MR) is 115 cm³/mol. The number of hydrogen-bond donors (Lipinski definition) is 0. The van der Waals surface area contributed by atoms with Crippen molar-refractivity contribution in [1.29, 1.82) is 0 Å². The van der Waals surface area contributed by atoms with E-state index in [1.807, 2.05) is 53.4 Å². The molecule has 2 saturated heterocycles. The van der Waals surface area contributed by atoms with Crippen LogP contribution in [0.4, 0.5) is 0 Å². The van der Waals surface area contributed by atoms with Crippen molar-refractivity contribution in [2.24, 2.45) is 4.99 Å². The van der Waals surface area contributed by atoms with Crippen LogP contribution in [0.2, 0.25) is 0 Å². The number of thioether (sulfide) groups is 1. The number of rotatable bonds is 4. The molecular formula is C21H20N2O5S2. The molecule has 3 heterocycles. The van der Waals surface area contributed by atoms with Gasteiger partial charge >= 0.3 is 0 Å². The van der Waals surface area contributed by atoms with E-state index in [9.17, 15) is 13.2 Å². The third kappa shape index (κ3) is 3.91. The zero-order valence-corrected chi connectivity index (χ0v) is 17.7. The number of nitrogens with zero attached hydrogens (tertiary/aromatic N) is 2. The molecule has 5 rings (SSSR count). The minimum absolute atomic E-state index is 0.0844. The van der Waals surface area contributed by atoms with E-state index in [0.717, 1.165) is 11.1 Å². The number of amidine groups is 1. The maximum atomic E-state index is 12.6. The summed E-state index contributed by atoms with van der Waals surface area (Å²) in [4.78, 5) is 18.9. The molecule has 2 fully saturated rings. The number of amides is 1. The second-order valence-corrected chi connectivity index (χ2v) is 10.9. The molecule has 2 aromatic carbocycles. The van der Waals surface area contributed by atoms with Crippen LogP contribution in [0.5, 0.6) is 11.5 Å². The first-order valence-electron chi connectivity index (χ1n) is 9.64. The number of sulfone groups is 1. The summed E-state index contributed by atoms with van der Waals surface area (Å²) in [5.74, 6) is 1.34. The van der Waals surface area contributed by atoms with E-state index in [1.54, 1.807) is 0 Å². The van der Waals surface area contributed by atoms with Gasteiger partial charge in [-0.25, -0.2) is 8.42 Å². The van der Waals surface area contributed by atoms with Gasteiger partial charge in [0.25, 0.3) is 5.91 Å². The summed E-state index contributed by atoms with van der Waals surface area (Å²) in [6, 6.07) is 15.0. The van der Waals surface area contributed by atoms with Gasteiger partial charge in [0.1, 0.15) is 0 Å². The third-order valence-electron chi connectivity index (χ3n) is 5.38. The van der Waals surface area contributed by atoms with Crippen molar-refractivity contribution >= 4 is 32.7 Å². The summed E-state index contributed by atoms with van der Waals surface area (Å²) in [6.45, 7) is 0.653. The fraction of sp³-hybridized carbons (Fsp3) is 0.333. The van der Waals surface area contributed by atoms with Gasteiger partial charge in [-0.15, -0.1) is 0 Å². The third-order valence-corrected chi connectivity index (χ3v) is 8.63. The van der Waals surface area contributed by atoms with Crippen LogP contribution < -0.4 is 9.47 Å². The van der Waals surface area contributed by atoms with Crippen LogP contribution in [0.25, 0.3) is 0 Å². The molecule has 1 amide bonds. The molecule has 3 aliphatic heterocycles. The lowest BCUT2D eigenvalue weighted by Gasteiger charge is -2.24. The fourth-order valence-electron chi connectivity index (χ4n) is 3.97. The zero-order chi connectivity index (χ0) is 20.7. The molecular weight excluding hydrogens is 424 g/mol. The Kier molecular flexibility index (Phi) is 4.94. The molecule has 0 saturated carbocycles. The van der Waals surface area contributed by atoms with E-state index in [0.29, 0.717) is 23.2 Å². The molecule has 0 spiro atoms. The Morgan fingerprint density at radius 2 is 1.87 bits per heavy atom. The van der Waals surface area contributed by atoms with Crippen LogP contribution in [0.3, 0.4) is 0 Å².